The van der Waals surface area contributed by atoms with Gasteiger partial charge in [0.1, 0.15) is 4.84 Å². The van der Waals surface area contributed by atoms with Crippen LogP contribution in [0.2, 0.25) is 0 Å². The summed E-state index contributed by atoms with van der Waals surface area (Å²) in [5.74, 6) is 0.268. The number of hydrogen-bond donors (Lipinski definition) is 1. The highest BCUT2D eigenvalue weighted by molar-refractivity contribution is 6.44. The van der Waals surface area contributed by atoms with Crippen molar-refractivity contribution in [3.05, 3.63) is 0 Å². The molecule has 0 aliphatic rings. The summed E-state index contributed by atoms with van der Waals surface area (Å²) >= 11 is 11.5. The van der Waals surface area contributed by atoms with Gasteiger partial charge in [0.2, 0.25) is 0 Å². The lowest BCUT2D eigenvalue weighted by molar-refractivity contribution is 0.254. The predicted octanol–water partition coefficient (Wildman–Crippen LogP) is 3.37. The van der Waals surface area contributed by atoms with Crippen molar-refractivity contribution in [2.45, 2.75) is 43.9 Å². The molecule has 12 heavy (non-hydrogen) atoms. The van der Waals surface area contributed by atoms with Crippen molar-refractivity contribution in [3.63, 3.8) is 0 Å². The standard InChI is InChI=1S/C9H18Cl2O/c1-2-3-4-5-8(6-7-12)9(10)11/h8-9,12H,2-7H2,1H3. The second kappa shape index (κ2) is 8.15. The van der Waals surface area contributed by atoms with E-state index in [0.29, 0.717) is 0 Å². The Hall–Kier alpha value is 0.540. The minimum absolute atomic E-state index is 0.187. The molecule has 0 aromatic rings. The summed E-state index contributed by atoms with van der Waals surface area (Å²) in [7, 11) is 0. The van der Waals surface area contributed by atoms with E-state index in [1.54, 1.807) is 0 Å². The first-order valence-electron chi connectivity index (χ1n) is 4.61. The molecule has 0 radical (unpaired) electrons. The van der Waals surface area contributed by atoms with E-state index in [1.807, 2.05) is 0 Å². The van der Waals surface area contributed by atoms with Crippen LogP contribution in [0.15, 0.2) is 0 Å². The average Bonchev–Trinajstić information content (AvgIpc) is 2.03. The van der Waals surface area contributed by atoms with Gasteiger partial charge in [-0.2, -0.15) is 0 Å². The smallest absolute Gasteiger partial charge is 0.110 e. The number of aliphatic hydroxyl groups is 1. The maximum absolute atomic E-state index is 8.72. The minimum atomic E-state index is -0.325. The zero-order valence-corrected chi connectivity index (χ0v) is 9.11. The number of hydrogen-bond acceptors (Lipinski definition) is 1. The first-order chi connectivity index (χ1) is 5.72. The topological polar surface area (TPSA) is 20.2 Å². The molecule has 0 aliphatic carbocycles. The molecule has 0 rings (SSSR count). The molecule has 0 saturated carbocycles. The molecule has 3 heteroatoms. The van der Waals surface area contributed by atoms with E-state index in [1.165, 1.54) is 12.8 Å². The van der Waals surface area contributed by atoms with Crippen molar-refractivity contribution >= 4 is 23.2 Å². The van der Waals surface area contributed by atoms with Gasteiger partial charge in [0.25, 0.3) is 0 Å². The Morgan fingerprint density at radius 1 is 1.17 bits per heavy atom. The van der Waals surface area contributed by atoms with Crippen molar-refractivity contribution in [2.24, 2.45) is 5.92 Å². The summed E-state index contributed by atoms with van der Waals surface area (Å²) in [6.45, 7) is 2.35. The molecule has 0 aliphatic heterocycles. The fourth-order valence-electron chi connectivity index (χ4n) is 1.22. The van der Waals surface area contributed by atoms with Crippen molar-refractivity contribution < 1.29 is 5.11 Å². The second-order valence-electron chi connectivity index (χ2n) is 3.10. The van der Waals surface area contributed by atoms with Gasteiger partial charge in [0.05, 0.1) is 0 Å². The molecule has 0 aromatic heterocycles. The Morgan fingerprint density at radius 3 is 2.25 bits per heavy atom. The monoisotopic (exact) mass is 212 g/mol. The number of rotatable bonds is 7. The van der Waals surface area contributed by atoms with Crippen LogP contribution < -0.4 is 0 Å². The summed E-state index contributed by atoms with van der Waals surface area (Å²) in [6.07, 6.45) is 5.36. The molecule has 0 bridgehead atoms. The highest BCUT2D eigenvalue weighted by Gasteiger charge is 2.15. The maximum atomic E-state index is 8.72. The summed E-state index contributed by atoms with van der Waals surface area (Å²) in [6, 6.07) is 0. The fraction of sp³-hybridized carbons (Fsp3) is 1.00. The molecule has 0 saturated heterocycles. The van der Waals surface area contributed by atoms with Crippen LogP contribution in [-0.2, 0) is 0 Å². The van der Waals surface area contributed by atoms with E-state index in [4.69, 9.17) is 28.3 Å². The molecule has 0 heterocycles. The SMILES string of the molecule is CCCCCC(CCO)C(Cl)Cl. The van der Waals surface area contributed by atoms with Crippen molar-refractivity contribution in [2.75, 3.05) is 6.61 Å². The highest BCUT2D eigenvalue weighted by Crippen LogP contribution is 2.24. The van der Waals surface area contributed by atoms with Crippen molar-refractivity contribution in [1.82, 2.24) is 0 Å². The first-order valence-corrected chi connectivity index (χ1v) is 5.48. The van der Waals surface area contributed by atoms with E-state index in [-0.39, 0.29) is 17.4 Å². The van der Waals surface area contributed by atoms with E-state index in [9.17, 15) is 0 Å². The fourth-order valence-corrected chi connectivity index (χ4v) is 1.72. The lowest BCUT2D eigenvalue weighted by Crippen LogP contribution is -2.11. The van der Waals surface area contributed by atoms with E-state index in [2.05, 4.69) is 6.92 Å². The Labute approximate surface area is 85.1 Å². The van der Waals surface area contributed by atoms with Gasteiger partial charge in [-0.3, -0.25) is 0 Å². The Morgan fingerprint density at radius 2 is 1.83 bits per heavy atom. The third kappa shape index (κ3) is 6.10. The van der Waals surface area contributed by atoms with Gasteiger partial charge in [-0.05, 0) is 18.8 Å². The minimum Gasteiger partial charge on any atom is -0.396 e. The summed E-state index contributed by atoms with van der Waals surface area (Å²) in [5, 5.41) is 8.72. The van der Waals surface area contributed by atoms with Crippen LogP contribution in [0.5, 0.6) is 0 Å². The third-order valence-electron chi connectivity index (χ3n) is 2.03. The highest BCUT2D eigenvalue weighted by atomic mass is 35.5. The van der Waals surface area contributed by atoms with Gasteiger partial charge in [0.15, 0.2) is 0 Å². The quantitative estimate of drug-likeness (QED) is 0.507. The normalized spacial score (nSPS) is 13.8. The van der Waals surface area contributed by atoms with Crippen LogP contribution in [0, 0.1) is 5.92 Å². The summed E-state index contributed by atoms with van der Waals surface area (Å²) < 4.78 is 0. The zero-order chi connectivity index (χ0) is 9.40. The van der Waals surface area contributed by atoms with Crippen LogP contribution in [0.3, 0.4) is 0 Å². The molecule has 74 valence electrons. The Balaban J connectivity index is 3.49. The number of halogens is 2. The van der Waals surface area contributed by atoms with Crippen molar-refractivity contribution in [3.8, 4) is 0 Å². The molecule has 0 aromatic carbocycles. The predicted molar refractivity (Wildman–Crippen MR) is 54.8 cm³/mol. The van der Waals surface area contributed by atoms with Gasteiger partial charge in [-0.1, -0.05) is 26.2 Å². The Bertz CT molecular complexity index is 96.5. The van der Waals surface area contributed by atoms with Crippen LogP contribution in [0.1, 0.15) is 39.0 Å². The van der Waals surface area contributed by atoms with Gasteiger partial charge in [-0.15, -0.1) is 23.2 Å². The maximum Gasteiger partial charge on any atom is 0.110 e. The molecule has 1 atom stereocenters. The zero-order valence-electron chi connectivity index (χ0n) is 7.60. The van der Waals surface area contributed by atoms with Crippen LogP contribution in [-0.4, -0.2) is 16.5 Å². The second-order valence-corrected chi connectivity index (χ2v) is 4.27. The third-order valence-corrected chi connectivity index (χ3v) is 2.75. The average molecular weight is 213 g/mol. The van der Waals surface area contributed by atoms with Crippen LogP contribution in [0.4, 0.5) is 0 Å². The largest absolute Gasteiger partial charge is 0.396 e. The molecule has 1 N–H and O–H groups in total. The van der Waals surface area contributed by atoms with Crippen LogP contribution >= 0.6 is 23.2 Å². The van der Waals surface area contributed by atoms with Gasteiger partial charge in [0, 0.05) is 6.61 Å². The van der Waals surface area contributed by atoms with Crippen LogP contribution in [0.25, 0.3) is 0 Å². The van der Waals surface area contributed by atoms with Crippen molar-refractivity contribution in [1.29, 1.82) is 0 Å². The molecular weight excluding hydrogens is 195 g/mol. The lowest BCUT2D eigenvalue weighted by atomic mass is 10.00. The summed E-state index contributed by atoms with van der Waals surface area (Å²) in [5.41, 5.74) is 0. The van der Waals surface area contributed by atoms with E-state index in [0.717, 1.165) is 19.3 Å². The molecule has 1 unspecified atom stereocenters. The van der Waals surface area contributed by atoms with E-state index >= 15 is 0 Å². The number of alkyl halides is 2. The molecule has 1 nitrogen and oxygen atoms in total. The first kappa shape index (κ1) is 12.5. The molecular formula is C9H18Cl2O. The number of unbranched alkanes of at least 4 members (excludes halogenated alkanes) is 2. The summed E-state index contributed by atoms with van der Waals surface area (Å²) in [4.78, 5) is -0.325. The van der Waals surface area contributed by atoms with Gasteiger partial charge < -0.3 is 5.11 Å². The molecule has 0 spiro atoms. The van der Waals surface area contributed by atoms with E-state index < -0.39 is 0 Å². The number of aliphatic hydroxyl groups excluding tert-OH is 1. The molecule has 0 fully saturated rings. The lowest BCUT2D eigenvalue weighted by Gasteiger charge is -2.15. The van der Waals surface area contributed by atoms with Gasteiger partial charge in [-0.25, -0.2) is 0 Å². The molecule has 0 amide bonds. The van der Waals surface area contributed by atoms with Gasteiger partial charge >= 0.3 is 0 Å². The Kier molecular flexibility index (Phi) is 8.52.